The molecule has 5 heteroatoms. The average molecular weight is 352 g/mol. The van der Waals surface area contributed by atoms with Crippen molar-refractivity contribution >= 4 is 5.97 Å². The molecule has 1 saturated carbocycles. The summed E-state index contributed by atoms with van der Waals surface area (Å²) >= 11 is 0. The summed E-state index contributed by atoms with van der Waals surface area (Å²) in [5.74, 6) is 2.66. The molecule has 0 aliphatic heterocycles. The monoisotopic (exact) mass is 352 g/mol. The Labute approximate surface area is 150 Å². The third kappa shape index (κ3) is 7.60. The zero-order chi connectivity index (χ0) is 18.7. The molecule has 0 aromatic rings. The van der Waals surface area contributed by atoms with Gasteiger partial charge in [-0.25, -0.2) is 4.79 Å². The number of aliphatic hydroxyl groups excluding tert-OH is 1. The van der Waals surface area contributed by atoms with Crippen LogP contribution in [0.25, 0.3) is 0 Å². The molecular formula is C20H32O5. The van der Waals surface area contributed by atoms with E-state index in [1.807, 2.05) is 6.08 Å². The first kappa shape index (κ1) is 21.7. The quantitative estimate of drug-likeness (QED) is 0.210. The normalized spacial score (nSPS) is 21.9. The van der Waals surface area contributed by atoms with Crippen LogP contribution in [0.3, 0.4) is 0 Å². The summed E-state index contributed by atoms with van der Waals surface area (Å²) < 4.78 is 0. The molecule has 1 aliphatic rings. The molecule has 0 amide bonds. The summed E-state index contributed by atoms with van der Waals surface area (Å²) in [6, 6.07) is 0. The van der Waals surface area contributed by atoms with Crippen molar-refractivity contribution in [3.63, 3.8) is 0 Å². The largest absolute Gasteiger partial charge is 0.477 e. The van der Waals surface area contributed by atoms with Gasteiger partial charge < -0.3 is 20.4 Å². The van der Waals surface area contributed by atoms with Crippen molar-refractivity contribution in [3.05, 3.63) is 12.2 Å². The Hall–Kier alpha value is -1.35. The Bertz CT molecular complexity index is 486. The van der Waals surface area contributed by atoms with E-state index in [0.29, 0.717) is 11.8 Å². The number of carbonyl (C=O) groups is 1. The molecule has 0 bridgehead atoms. The molecule has 1 aliphatic carbocycles. The topological polar surface area (TPSA) is 98.0 Å². The molecule has 4 N–H and O–H groups in total. The van der Waals surface area contributed by atoms with Gasteiger partial charge in [0.05, 0.1) is 0 Å². The fourth-order valence-corrected chi connectivity index (χ4v) is 3.16. The Morgan fingerprint density at radius 1 is 1.24 bits per heavy atom. The lowest BCUT2D eigenvalue weighted by atomic mass is 9.92. The number of carboxylic acid groups (broad SMARTS) is 1. The minimum atomic E-state index is -3.11. The van der Waals surface area contributed by atoms with E-state index in [0.717, 1.165) is 25.7 Å². The molecule has 0 spiro atoms. The van der Waals surface area contributed by atoms with Crippen molar-refractivity contribution in [2.45, 2.75) is 83.0 Å². The van der Waals surface area contributed by atoms with Crippen LogP contribution in [-0.2, 0) is 4.79 Å². The maximum Gasteiger partial charge on any atom is 0.366 e. The van der Waals surface area contributed by atoms with Crippen LogP contribution in [-0.4, -0.2) is 38.3 Å². The molecular weight excluding hydrogens is 320 g/mol. The molecule has 0 saturated heterocycles. The molecule has 0 heterocycles. The third-order valence-corrected chi connectivity index (χ3v) is 4.85. The van der Waals surface area contributed by atoms with Gasteiger partial charge in [0.15, 0.2) is 0 Å². The molecule has 1 unspecified atom stereocenters. The first-order valence-electron chi connectivity index (χ1n) is 9.39. The van der Waals surface area contributed by atoms with Crippen LogP contribution in [0.1, 0.15) is 71.1 Å². The van der Waals surface area contributed by atoms with E-state index in [1.54, 1.807) is 6.08 Å². The number of allylic oxidation sites excluding steroid dienone is 1. The lowest BCUT2D eigenvalue weighted by Crippen LogP contribution is -2.49. The van der Waals surface area contributed by atoms with Gasteiger partial charge in [0, 0.05) is 12.3 Å². The van der Waals surface area contributed by atoms with Gasteiger partial charge >= 0.3 is 5.97 Å². The summed E-state index contributed by atoms with van der Waals surface area (Å²) in [6.07, 6.45) is 11.8. The Morgan fingerprint density at radius 2 is 2.00 bits per heavy atom. The summed E-state index contributed by atoms with van der Waals surface area (Å²) in [6.45, 7) is 2.20. The van der Waals surface area contributed by atoms with Crippen LogP contribution in [0.15, 0.2) is 12.2 Å². The second-order valence-corrected chi connectivity index (χ2v) is 6.92. The fraction of sp³-hybridized carbons (Fsp3) is 0.750. The molecule has 3 atom stereocenters. The standard InChI is InChI=1S/C20H32O5/c1-2-3-4-5-6-7-11-16-13-10-14-17(16)12-8-9-15-18(21)20(24,25)19(22)23/h8-9,16-18,21,24-25H,2-6,10,12-15H2,1H3,(H,22,23)/b9-8+/t16-,17-,18?/m0/s1. The second-order valence-electron chi connectivity index (χ2n) is 6.92. The highest BCUT2D eigenvalue weighted by atomic mass is 16.6. The zero-order valence-corrected chi connectivity index (χ0v) is 15.2. The lowest BCUT2D eigenvalue weighted by molar-refractivity contribution is -0.235. The SMILES string of the molecule is CCCCCCC#C[C@H]1CCC[C@@H]1C/C=C/CC(O)C(O)(O)C(=O)O. The van der Waals surface area contributed by atoms with Crippen molar-refractivity contribution < 1.29 is 25.2 Å². The first-order chi connectivity index (χ1) is 11.9. The number of hydrogen-bond acceptors (Lipinski definition) is 4. The van der Waals surface area contributed by atoms with Crippen molar-refractivity contribution in [3.8, 4) is 11.8 Å². The van der Waals surface area contributed by atoms with E-state index in [1.165, 1.54) is 32.1 Å². The smallest absolute Gasteiger partial charge is 0.366 e. The molecule has 25 heavy (non-hydrogen) atoms. The molecule has 0 aromatic carbocycles. The summed E-state index contributed by atoms with van der Waals surface area (Å²) in [7, 11) is 0. The number of hydrogen-bond donors (Lipinski definition) is 4. The predicted molar refractivity (Wildman–Crippen MR) is 96.6 cm³/mol. The van der Waals surface area contributed by atoms with Crippen LogP contribution < -0.4 is 0 Å². The number of carboxylic acids is 1. The van der Waals surface area contributed by atoms with Crippen molar-refractivity contribution in [1.29, 1.82) is 0 Å². The molecule has 0 aromatic heterocycles. The van der Waals surface area contributed by atoms with Gasteiger partial charge in [0.1, 0.15) is 6.10 Å². The highest BCUT2D eigenvalue weighted by Crippen LogP contribution is 2.34. The van der Waals surface area contributed by atoms with Gasteiger partial charge in [-0.3, -0.25) is 0 Å². The van der Waals surface area contributed by atoms with Gasteiger partial charge in [-0.2, -0.15) is 0 Å². The fourth-order valence-electron chi connectivity index (χ4n) is 3.16. The van der Waals surface area contributed by atoms with E-state index < -0.39 is 17.9 Å². The minimum absolute atomic E-state index is 0.111. The van der Waals surface area contributed by atoms with E-state index in [2.05, 4.69) is 18.8 Å². The zero-order valence-electron chi connectivity index (χ0n) is 15.2. The van der Waals surface area contributed by atoms with Crippen molar-refractivity contribution in [2.24, 2.45) is 11.8 Å². The molecule has 0 radical (unpaired) electrons. The summed E-state index contributed by atoms with van der Waals surface area (Å²) in [5, 5.41) is 36.7. The number of aliphatic carboxylic acids is 1. The molecule has 5 nitrogen and oxygen atoms in total. The highest BCUT2D eigenvalue weighted by Gasteiger charge is 2.40. The van der Waals surface area contributed by atoms with Crippen LogP contribution in [0.2, 0.25) is 0 Å². The lowest BCUT2D eigenvalue weighted by Gasteiger charge is -2.21. The van der Waals surface area contributed by atoms with E-state index in [4.69, 9.17) is 5.11 Å². The van der Waals surface area contributed by atoms with Gasteiger partial charge in [0.25, 0.3) is 5.79 Å². The molecule has 142 valence electrons. The molecule has 1 rings (SSSR count). The Kier molecular flexibility index (Phi) is 9.81. The van der Waals surface area contributed by atoms with Crippen LogP contribution >= 0.6 is 0 Å². The van der Waals surface area contributed by atoms with Crippen LogP contribution in [0, 0.1) is 23.7 Å². The summed E-state index contributed by atoms with van der Waals surface area (Å²) in [5.41, 5.74) is 0. The average Bonchev–Trinajstić information content (AvgIpc) is 3.01. The van der Waals surface area contributed by atoms with Crippen molar-refractivity contribution in [1.82, 2.24) is 0 Å². The van der Waals surface area contributed by atoms with Crippen LogP contribution in [0.5, 0.6) is 0 Å². The number of rotatable bonds is 10. The maximum absolute atomic E-state index is 10.6. The van der Waals surface area contributed by atoms with Gasteiger partial charge in [-0.15, -0.1) is 5.92 Å². The third-order valence-electron chi connectivity index (χ3n) is 4.85. The van der Waals surface area contributed by atoms with E-state index >= 15 is 0 Å². The first-order valence-corrected chi connectivity index (χ1v) is 9.39. The molecule has 1 fully saturated rings. The number of aliphatic hydroxyl groups is 3. The van der Waals surface area contributed by atoms with E-state index in [-0.39, 0.29) is 6.42 Å². The predicted octanol–water partition coefficient (Wildman–Crippen LogP) is 2.84. The summed E-state index contributed by atoms with van der Waals surface area (Å²) in [4.78, 5) is 10.6. The number of unbranched alkanes of at least 4 members (excludes halogenated alkanes) is 4. The van der Waals surface area contributed by atoms with Gasteiger partial charge in [0.2, 0.25) is 0 Å². The minimum Gasteiger partial charge on any atom is -0.477 e. The Morgan fingerprint density at radius 3 is 2.68 bits per heavy atom. The maximum atomic E-state index is 10.6. The van der Waals surface area contributed by atoms with Gasteiger partial charge in [-0.05, 0) is 38.0 Å². The highest BCUT2D eigenvalue weighted by molar-refractivity contribution is 5.75. The van der Waals surface area contributed by atoms with Crippen LogP contribution in [0.4, 0.5) is 0 Å². The van der Waals surface area contributed by atoms with E-state index in [9.17, 15) is 20.1 Å². The van der Waals surface area contributed by atoms with Gasteiger partial charge in [-0.1, -0.05) is 50.7 Å². The second kappa shape index (κ2) is 11.3. The Balaban J connectivity index is 2.35. The van der Waals surface area contributed by atoms with Crippen molar-refractivity contribution in [2.75, 3.05) is 0 Å².